The molecule has 5 heteroatoms. The summed E-state index contributed by atoms with van der Waals surface area (Å²) in [4.78, 5) is 0. The fourth-order valence-corrected chi connectivity index (χ4v) is 0.0758. The molecule has 0 aromatic rings. The SMILES string of the molecule is CC(O)(CF)C(F)(F)F. The number of halogens is 4. The second-order valence-electron chi connectivity index (χ2n) is 1.91. The van der Waals surface area contributed by atoms with Crippen molar-refractivity contribution in [1.82, 2.24) is 0 Å². The fraction of sp³-hybridized carbons (Fsp3) is 1.00. The van der Waals surface area contributed by atoms with E-state index in [1.807, 2.05) is 0 Å². The molecule has 0 heterocycles. The maximum atomic E-state index is 11.3. The number of hydrogen-bond donors (Lipinski definition) is 1. The van der Waals surface area contributed by atoms with Gasteiger partial charge in [-0.1, -0.05) is 0 Å². The van der Waals surface area contributed by atoms with Gasteiger partial charge in [0.1, 0.15) is 6.67 Å². The zero-order valence-corrected chi connectivity index (χ0v) is 4.67. The number of alkyl halides is 4. The van der Waals surface area contributed by atoms with Crippen LogP contribution in [-0.2, 0) is 0 Å². The van der Waals surface area contributed by atoms with Crippen molar-refractivity contribution in [1.29, 1.82) is 0 Å². The van der Waals surface area contributed by atoms with E-state index in [-0.39, 0.29) is 0 Å². The monoisotopic (exact) mass is 146 g/mol. The Kier molecular flexibility index (Phi) is 2.06. The third kappa shape index (κ3) is 1.82. The minimum Gasteiger partial charge on any atom is -0.379 e. The lowest BCUT2D eigenvalue weighted by Crippen LogP contribution is -2.43. The summed E-state index contributed by atoms with van der Waals surface area (Å²) in [5.41, 5.74) is -3.19. The molecule has 1 unspecified atom stereocenters. The van der Waals surface area contributed by atoms with Crippen molar-refractivity contribution in [2.75, 3.05) is 6.67 Å². The fourth-order valence-electron chi connectivity index (χ4n) is 0.0758. The van der Waals surface area contributed by atoms with Gasteiger partial charge >= 0.3 is 6.18 Å². The van der Waals surface area contributed by atoms with Gasteiger partial charge in [-0.2, -0.15) is 13.2 Å². The van der Waals surface area contributed by atoms with Crippen molar-refractivity contribution in [3.8, 4) is 0 Å². The number of rotatable bonds is 1. The molecule has 0 aromatic carbocycles. The first-order chi connectivity index (χ1) is 3.81. The quantitative estimate of drug-likeness (QED) is 0.552. The van der Waals surface area contributed by atoms with Crippen molar-refractivity contribution in [3.05, 3.63) is 0 Å². The summed E-state index contributed by atoms with van der Waals surface area (Å²) in [6, 6.07) is 0. The summed E-state index contributed by atoms with van der Waals surface area (Å²) < 4.78 is 45.3. The highest BCUT2D eigenvalue weighted by atomic mass is 19.4. The molecule has 1 atom stereocenters. The van der Waals surface area contributed by atoms with Gasteiger partial charge in [0, 0.05) is 0 Å². The molecule has 9 heavy (non-hydrogen) atoms. The Labute approximate surface area is 49.3 Å². The van der Waals surface area contributed by atoms with E-state index in [1.165, 1.54) is 0 Å². The lowest BCUT2D eigenvalue weighted by molar-refractivity contribution is -0.256. The van der Waals surface area contributed by atoms with Crippen LogP contribution in [0.15, 0.2) is 0 Å². The highest BCUT2D eigenvalue weighted by Gasteiger charge is 2.49. The summed E-state index contributed by atoms with van der Waals surface area (Å²) in [5.74, 6) is 0. The van der Waals surface area contributed by atoms with Crippen LogP contribution in [0.2, 0.25) is 0 Å². The maximum absolute atomic E-state index is 11.3. The summed E-state index contributed by atoms with van der Waals surface area (Å²) in [7, 11) is 0. The van der Waals surface area contributed by atoms with E-state index in [2.05, 4.69) is 0 Å². The largest absolute Gasteiger partial charge is 0.419 e. The van der Waals surface area contributed by atoms with Gasteiger partial charge < -0.3 is 5.11 Å². The van der Waals surface area contributed by atoms with E-state index >= 15 is 0 Å². The molecule has 1 N–H and O–H groups in total. The van der Waals surface area contributed by atoms with E-state index in [1.54, 1.807) is 0 Å². The molecule has 0 saturated carbocycles. The maximum Gasteiger partial charge on any atom is 0.419 e. The van der Waals surface area contributed by atoms with Crippen LogP contribution in [0, 0.1) is 0 Å². The van der Waals surface area contributed by atoms with Gasteiger partial charge in [0.05, 0.1) is 0 Å². The van der Waals surface area contributed by atoms with E-state index in [4.69, 9.17) is 5.11 Å². The molecule has 0 aliphatic carbocycles. The molecule has 1 nitrogen and oxygen atoms in total. The molecule has 0 aliphatic rings. The molecule has 0 saturated heterocycles. The topological polar surface area (TPSA) is 20.2 Å². The highest BCUT2D eigenvalue weighted by molar-refractivity contribution is 4.79. The summed E-state index contributed by atoms with van der Waals surface area (Å²) in [5, 5.41) is 8.16. The van der Waals surface area contributed by atoms with Gasteiger partial charge in [-0.25, -0.2) is 4.39 Å². The molecule has 0 amide bonds. The average Bonchev–Trinajstić information content (AvgIpc) is 1.64. The lowest BCUT2D eigenvalue weighted by Gasteiger charge is -2.21. The molecule has 0 radical (unpaired) electrons. The number of aliphatic hydroxyl groups is 1. The van der Waals surface area contributed by atoms with E-state index in [0.29, 0.717) is 6.92 Å². The van der Waals surface area contributed by atoms with Gasteiger partial charge in [0.15, 0.2) is 5.60 Å². The first-order valence-corrected chi connectivity index (χ1v) is 2.16. The molecule has 0 aromatic heterocycles. The van der Waals surface area contributed by atoms with Gasteiger partial charge in [0.25, 0.3) is 0 Å². The van der Waals surface area contributed by atoms with Gasteiger partial charge in [-0.05, 0) is 6.92 Å². The Hall–Kier alpha value is -0.320. The predicted molar refractivity (Wildman–Crippen MR) is 22.7 cm³/mol. The molecular weight excluding hydrogens is 140 g/mol. The molecule has 0 fully saturated rings. The Morgan fingerprint density at radius 1 is 1.33 bits per heavy atom. The predicted octanol–water partition coefficient (Wildman–Crippen LogP) is 1.27. The van der Waals surface area contributed by atoms with Crippen molar-refractivity contribution < 1.29 is 22.7 Å². The highest BCUT2D eigenvalue weighted by Crippen LogP contribution is 2.29. The zero-order chi connectivity index (χ0) is 7.71. The Bertz CT molecular complexity index is 95.2. The molecule has 0 bridgehead atoms. The molecule has 0 rings (SSSR count). The van der Waals surface area contributed by atoms with E-state index in [0.717, 1.165) is 0 Å². The second kappa shape index (κ2) is 2.13. The smallest absolute Gasteiger partial charge is 0.379 e. The summed E-state index contributed by atoms with van der Waals surface area (Å²) >= 11 is 0. The van der Waals surface area contributed by atoms with Crippen LogP contribution in [0.3, 0.4) is 0 Å². The van der Waals surface area contributed by atoms with Crippen LogP contribution in [0.25, 0.3) is 0 Å². The molecule has 0 aliphatic heterocycles. The second-order valence-corrected chi connectivity index (χ2v) is 1.91. The number of hydrogen-bond acceptors (Lipinski definition) is 1. The normalized spacial score (nSPS) is 19.3. The first kappa shape index (κ1) is 8.68. The van der Waals surface area contributed by atoms with E-state index < -0.39 is 18.5 Å². The third-order valence-electron chi connectivity index (χ3n) is 0.871. The standard InChI is InChI=1S/C4H6F4O/c1-3(9,2-5)4(6,7)8/h9H,2H2,1H3. The van der Waals surface area contributed by atoms with Crippen LogP contribution in [-0.4, -0.2) is 23.6 Å². The molecular formula is C4H6F4O. The minimum absolute atomic E-state index is 0.382. The van der Waals surface area contributed by atoms with Crippen LogP contribution < -0.4 is 0 Å². The van der Waals surface area contributed by atoms with Crippen molar-refractivity contribution in [2.24, 2.45) is 0 Å². The van der Waals surface area contributed by atoms with Crippen LogP contribution in [0.1, 0.15) is 6.92 Å². The van der Waals surface area contributed by atoms with Crippen LogP contribution in [0.4, 0.5) is 17.6 Å². The molecule has 56 valence electrons. The van der Waals surface area contributed by atoms with Gasteiger partial charge in [-0.15, -0.1) is 0 Å². The zero-order valence-electron chi connectivity index (χ0n) is 4.67. The Balaban J connectivity index is 4.14. The molecule has 0 spiro atoms. The summed E-state index contributed by atoms with van der Waals surface area (Å²) in [6.45, 7) is -1.43. The third-order valence-corrected chi connectivity index (χ3v) is 0.871. The van der Waals surface area contributed by atoms with Crippen LogP contribution >= 0.6 is 0 Å². The van der Waals surface area contributed by atoms with Gasteiger partial charge in [0.2, 0.25) is 0 Å². The van der Waals surface area contributed by atoms with Crippen molar-refractivity contribution in [3.63, 3.8) is 0 Å². The minimum atomic E-state index is -4.87. The average molecular weight is 146 g/mol. The first-order valence-electron chi connectivity index (χ1n) is 2.16. The lowest BCUT2D eigenvalue weighted by atomic mass is 10.1. The van der Waals surface area contributed by atoms with Crippen molar-refractivity contribution in [2.45, 2.75) is 18.7 Å². The Morgan fingerprint density at radius 3 is 1.67 bits per heavy atom. The van der Waals surface area contributed by atoms with E-state index in [9.17, 15) is 17.6 Å². The van der Waals surface area contributed by atoms with Crippen molar-refractivity contribution >= 4 is 0 Å². The van der Waals surface area contributed by atoms with Gasteiger partial charge in [-0.3, -0.25) is 0 Å². The summed E-state index contributed by atoms with van der Waals surface area (Å²) in [6.07, 6.45) is -4.87. The Morgan fingerprint density at radius 2 is 1.67 bits per heavy atom. The van der Waals surface area contributed by atoms with Crippen LogP contribution in [0.5, 0.6) is 0 Å².